The Hall–Kier alpha value is -2.83. The molecule has 0 aliphatic rings. The van der Waals surface area contributed by atoms with Gasteiger partial charge in [0.25, 0.3) is 5.91 Å². The molecule has 0 saturated carbocycles. The first kappa shape index (κ1) is 18.5. The maximum Gasteiger partial charge on any atom is 0.272 e. The van der Waals surface area contributed by atoms with Crippen molar-refractivity contribution >= 4 is 33.7 Å². The van der Waals surface area contributed by atoms with Crippen LogP contribution in [0, 0.1) is 6.92 Å². The smallest absolute Gasteiger partial charge is 0.272 e. The second-order valence-corrected chi connectivity index (χ2v) is 8.03. The van der Waals surface area contributed by atoms with Crippen LogP contribution in [0.25, 0.3) is 11.3 Å². The lowest BCUT2D eigenvalue weighted by atomic mass is 10.1. The van der Waals surface area contributed by atoms with E-state index in [2.05, 4.69) is 17.1 Å². The van der Waals surface area contributed by atoms with E-state index in [1.54, 1.807) is 10.4 Å². The van der Waals surface area contributed by atoms with Crippen molar-refractivity contribution in [2.45, 2.75) is 13.3 Å². The van der Waals surface area contributed by atoms with Crippen molar-refractivity contribution in [2.75, 3.05) is 11.4 Å². The zero-order chi connectivity index (χ0) is 19.3. The highest BCUT2D eigenvalue weighted by molar-refractivity contribution is 7.14. The third kappa shape index (κ3) is 4.03. The first-order valence-corrected chi connectivity index (χ1v) is 10.7. The summed E-state index contributed by atoms with van der Waals surface area (Å²) >= 11 is 2.88. The molecule has 0 N–H and O–H groups in total. The number of anilines is 1. The van der Waals surface area contributed by atoms with Crippen molar-refractivity contribution in [3.63, 3.8) is 0 Å². The summed E-state index contributed by atoms with van der Waals surface area (Å²) in [6, 6.07) is 20.2. The Kier molecular flexibility index (Phi) is 5.60. The van der Waals surface area contributed by atoms with Crippen molar-refractivity contribution in [3.05, 3.63) is 87.7 Å². The van der Waals surface area contributed by atoms with Crippen LogP contribution in [-0.4, -0.2) is 22.4 Å². The Bertz CT molecular complexity index is 1060. The third-order valence-electron chi connectivity index (χ3n) is 4.44. The summed E-state index contributed by atoms with van der Waals surface area (Å²) in [5.74, 6) is -0.0371. The molecule has 28 heavy (non-hydrogen) atoms. The van der Waals surface area contributed by atoms with Crippen LogP contribution in [0.15, 0.2) is 71.6 Å². The minimum atomic E-state index is -0.0371. The van der Waals surface area contributed by atoms with Crippen LogP contribution in [0.5, 0.6) is 0 Å². The maximum absolute atomic E-state index is 13.3. The van der Waals surface area contributed by atoms with E-state index < -0.39 is 0 Å². The SMILES string of the molecule is Cc1ncsc1C(=O)N(CCc1ccccc1)c1nc(-c2ccccc2)cs1. The van der Waals surface area contributed by atoms with Crippen LogP contribution >= 0.6 is 22.7 Å². The number of carbonyl (C=O) groups excluding carboxylic acids is 1. The number of aromatic nitrogens is 2. The number of amides is 1. The molecule has 4 rings (SSSR count). The molecule has 0 bridgehead atoms. The molecule has 0 fully saturated rings. The van der Waals surface area contributed by atoms with Crippen molar-refractivity contribution < 1.29 is 4.79 Å². The van der Waals surface area contributed by atoms with Gasteiger partial charge in [-0.2, -0.15) is 0 Å². The van der Waals surface area contributed by atoms with Crippen LogP contribution in [0.2, 0.25) is 0 Å². The molecule has 0 aliphatic heterocycles. The average Bonchev–Trinajstić information content (AvgIpc) is 3.39. The number of carbonyl (C=O) groups is 1. The number of thiazole rings is 2. The number of rotatable bonds is 6. The zero-order valence-electron chi connectivity index (χ0n) is 15.4. The van der Waals surface area contributed by atoms with E-state index in [0.29, 0.717) is 16.6 Å². The topological polar surface area (TPSA) is 46.1 Å². The van der Waals surface area contributed by atoms with Crippen LogP contribution in [0.4, 0.5) is 5.13 Å². The van der Waals surface area contributed by atoms with Gasteiger partial charge in [0.05, 0.1) is 16.9 Å². The number of benzene rings is 2. The monoisotopic (exact) mass is 405 g/mol. The lowest BCUT2D eigenvalue weighted by Gasteiger charge is -2.19. The lowest BCUT2D eigenvalue weighted by Crippen LogP contribution is -2.32. The fourth-order valence-corrected chi connectivity index (χ4v) is 4.54. The molecule has 2 heterocycles. The fraction of sp³-hybridized carbons (Fsp3) is 0.136. The van der Waals surface area contributed by atoms with Crippen LogP contribution in [0.1, 0.15) is 20.9 Å². The molecular weight excluding hydrogens is 386 g/mol. The van der Waals surface area contributed by atoms with E-state index in [1.165, 1.54) is 28.2 Å². The summed E-state index contributed by atoms with van der Waals surface area (Å²) in [4.78, 5) is 24.7. The zero-order valence-corrected chi connectivity index (χ0v) is 17.0. The van der Waals surface area contributed by atoms with Crippen LogP contribution in [0.3, 0.4) is 0 Å². The second-order valence-electron chi connectivity index (χ2n) is 6.34. The van der Waals surface area contributed by atoms with E-state index in [1.807, 2.05) is 60.8 Å². The number of nitrogens with zero attached hydrogens (tertiary/aromatic N) is 3. The van der Waals surface area contributed by atoms with Gasteiger partial charge in [0, 0.05) is 17.5 Å². The average molecular weight is 406 g/mol. The van der Waals surface area contributed by atoms with Gasteiger partial charge in [-0.3, -0.25) is 9.69 Å². The van der Waals surface area contributed by atoms with E-state index in [9.17, 15) is 4.79 Å². The van der Waals surface area contributed by atoms with Gasteiger partial charge >= 0.3 is 0 Å². The first-order valence-electron chi connectivity index (χ1n) is 8.99. The van der Waals surface area contributed by atoms with Crippen molar-refractivity contribution in [1.82, 2.24) is 9.97 Å². The maximum atomic E-state index is 13.3. The highest BCUT2D eigenvalue weighted by Crippen LogP contribution is 2.29. The Balaban J connectivity index is 1.64. The molecular formula is C22H19N3OS2. The highest BCUT2D eigenvalue weighted by atomic mass is 32.1. The number of aryl methyl sites for hydroxylation is 1. The molecule has 0 aliphatic carbocycles. The molecule has 2 aromatic carbocycles. The van der Waals surface area contributed by atoms with Crippen LogP contribution < -0.4 is 4.90 Å². The van der Waals surface area contributed by atoms with Gasteiger partial charge in [-0.25, -0.2) is 9.97 Å². The van der Waals surface area contributed by atoms with Crippen LogP contribution in [-0.2, 0) is 6.42 Å². The van der Waals surface area contributed by atoms with Gasteiger partial charge in [0.1, 0.15) is 4.88 Å². The Morgan fingerprint density at radius 3 is 2.39 bits per heavy atom. The first-order chi connectivity index (χ1) is 13.7. The predicted molar refractivity (Wildman–Crippen MR) is 116 cm³/mol. The molecule has 0 unspecified atom stereocenters. The fourth-order valence-electron chi connectivity index (χ4n) is 2.93. The Morgan fingerprint density at radius 1 is 1.00 bits per heavy atom. The van der Waals surface area contributed by atoms with Gasteiger partial charge in [-0.05, 0) is 18.9 Å². The molecule has 2 aromatic heterocycles. The lowest BCUT2D eigenvalue weighted by molar-refractivity contribution is 0.0990. The molecule has 1 amide bonds. The Morgan fingerprint density at radius 2 is 1.71 bits per heavy atom. The van der Waals surface area contributed by atoms with Gasteiger partial charge in [0.2, 0.25) is 0 Å². The summed E-state index contributed by atoms with van der Waals surface area (Å²) in [6.45, 7) is 2.44. The van der Waals surface area contributed by atoms with E-state index >= 15 is 0 Å². The minimum absolute atomic E-state index is 0.0371. The molecule has 4 nitrogen and oxygen atoms in total. The normalized spacial score (nSPS) is 10.8. The molecule has 0 spiro atoms. The van der Waals surface area contributed by atoms with E-state index in [4.69, 9.17) is 4.98 Å². The standard InChI is InChI=1S/C22H19N3OS2/c1-16-20(28-15-23-16)21(26)25(13-12-17-8-4-2-5-9-17)22-24-19(14-27-22)18-10-6-3-7-11-18/h2-11,14-15H,12-13H2,1H3. The van der Waals surface area contributed by atoms with Crippen molar-refractivity contribution in [1.29, 1.82) is 0 Å². The molecule has 4 aromatic rings. The van der Waals surface area contributed by atoms with Gasteiger partial charge < -0.3 is 0 Å². The molecule has 6 heteroatoms. The summed E-state index contributed by atoms with van der Waals surface area (Å²) in [5, 5.41) is 2.72. The summed E-state index contributed by atoms with van der Waals surface area (Å²) in [7, 11) is 0. The molecule has 0 radical (unpaired) electrons. The van der Waals surface area contributed by atoms with E-state index in [-0.39, 0.29) is 5.91 Å². The summed E-state index contributed by atoms with van der Waals surface area (Å²) in [5.41, 5.74) is 5.61. The molecule has 0 saturated heterocycles. The summed E-state index contributed by atoms with van der Waals surface area (Å²) < 4.78 is 0. The van der Waals surface area contributed by atoms with E-state index in [0.717, 1.165) is 23.4 Å². The number of hydrogen-bond donors (Lipinski definition) is 0. The predicted octanol–water partition coefficient (Wildman–Crippen LogP) is 5.46. The Labute approximate surface area is 172 Å². The van der Waals surface area contributed by atoms with Gasteiger partial charge in [-0.15, -0.1) is 22.7 Å². The van der Waals surface area contributed by atoms with Crippen molar-refractivity contribution in [3.8, 4) is 11.3 Å². The molecule has 0 atom stereocenters. The minimum Gasteiger partial charge on any atom is -0.283 e. The highest BCUT2D eigenvalue weighted by Gasteiger charge is 2.24. The van der Waals surface area contributed by atoms with Crippen molar-refractivity contribution in [2.24, 2.45) is 0 Å². The summed E-state index contributed by atoms with van der Waals surface area (Å²) in [6.07, 6.45) is 0.769. The largest absolute Gasteiger partial charge is 0.283 e. The molecule has 140 valence electrons. The second kappa shape index (κ2) is 8.46. The third-order valence-corrected chi connectivity index (χ3v) is 6.22. The quantitative estimate of drug-likeness (QED) is 0.428. The number of hydrogen-bond acceptors (Lipinski definition) is 5. The van der Waals surface area contributed by atoms with Gasteiger partial charge in [0.15, 0.2) is 5.13 Å². The van der Waals surface area contributed by atoms with Gasteiger partial charge in [-0.1, -0.05) is 60.7 Å².